The lowest BCUT2D eigenvalue weighted by Crippen LogP contribution is -2.42. The third-order valence-corrected chi connectivity index (χ3v) is 5.49. The third kappa shape index (κ3) is 4.66. The van der Waals surface area contributed by atoms with Crippen molar-refractivity contribution in [3.63, 3.8) is 0 Å². The first-order chi connectivity index (χ1) is 13.0. The van der Waals surface area contributed by atoms with Gasteiger partial charge in [-0.3, -0.25) is 9.59 Å². The highest BCUT2D eigenvalue weighted by Gasteiger charge is 2.28. The van der Waals surface area contributed by atoms with Crippen molar-refractivity contribution < 1.29 is 14.3 Å². The molecule has 1 saturated heterocycles. The predicted molar refractivity (Wildman–Crippen MR) is 106 cm³/mol. The molecule has 1 aliphatic rings. The van der Waals surface area contributed by atoms with Gasteiger partial charge in [0, 0.05) is 37.0 Å². The number of nitrogens with one attached hydrogen (secondary N) is 1. The van der Waals surface area contributed by atoms with Gasteiger partial charge in [0.25, 0.3) is 5.91 Å². The highest BCUT2D eigenvalue weighted by Crippen LogP contribution is 2.27. The van der Waals surface area contributed by atoms with Crippen LogP contribution in [0, 0.1) is 5.92 Å². The summed E-state index contributed by atoms with van der Waals surface area (Å²) in [6.45, 7) is 5.16. The van der Waals surface area contributed by atoms with E-state index < -0.39 is 0 Å². The maximum atomic E-state index is 12.7. The van der Waals surface area contributed by atoms with Crippen molar-refractivity contribution in [1.29, 1.82) is 0 Å². The van der Waals surface area contributed by atoms with Crippen LogP contribution in [0.3, 0.4) is 0 Å². The Kier molecular flexibility index (Phi) is 6.11. The molecule has 1 fully saturated rings. The highest BCUT2D eigenvalue weighted by molar-refractivity contribution is 7.13. The number of carbonyl (C=O) groups excluding carboxylic acids is 2. The van der Waals surface area contributed by atoms with Crippen molar-refractivity contribution in [1.82, 2.24) is 15.2 Å². The van der Waals surface area contributed by atoms with Crippen LogP contribution < -0.4 is 10.1 Å². The number of rotatable bonds is 5. The molecule has 0 saturated carbocycles. The van der Waals surface area contributed by atoms with Gasteiger partial charge in [0.15, 0.2) is 0 Å². The molecule has 1 aliphatic heterocycles. The van der Waals surface area contributed by atoms with Gasteiger partial charge in [-0.15, -0.1) is 11.3 Å². The van der Waals surface area contributed by atoms with Crippen LogP contribution in [0.15, 0.2) is 29.6 Å². The minimum Gasteiger partial charge on any atom is -0.491 e. The minimum absolute atomic E-state index is 0.00313. The highest BCUT2D eigenvalue weighted by atomic mass is 32.1. The van der Waals surface area contributed by atoms with Crippen LogP contribution in [0.4, 0.5) is 0 Å². The topological polar surface area (TPSA) is 71.5 Å². The second kappa shape index (κ2) is 8.52. The Hall–Kier alpha value is -2.41. The van der Waals surface area contributed by atoms with Crippen molar-refractivity contribution in [2.45, 2.75) is 32.8 Å². The SMILES string of the molecule is CNC(=O)C1CCN(C(=O)c2csc(-c3ccc(OC(C)C)cc3)n2)CC1. The molecule has 2 heterocycles. The van der Waals surface area contributed by atoms with Gasteiger partial charge in [0.2, 0.25) is 5.91 Å². The molecule has 1 aromatic carbocycles. The van der Waals surface area contributed by atoms with E-state index >= 15 is 0 Å². The van der Waals surface area contributed by atoms with Gasteiger partial charge in [0.1, 0.15) is 16.5 Å². The third-order valence-electron chi connectivity index (χ3n) is 4.60. The van der Waals surface area contributed by atoms with Crippen molar-refractivity contribution in [3.05, 3.63) is 35.3 Å². The average Bonchev–Trinajstić information content (AvgIpc) is 3.17. The first-order valence-electron chi connectivity index (χ1n) is 9.21. The number of hydrogen-bond acceptors (Lipinski definition) is 5. The zero-order valence-electron chi connectivity index (χ0n) is 15.9. The molecular weight excluding hydrogens is 362 g/mol. The molecule has 2 aromatic rings. The van der Waals surface area contributed by atoms with Crippen molar-refractivity contribution in [2.24, 2.45) is 5.92 Å². The number of benzene rings is 1. The smallest absolute Gasteiger partial charge is 0.273 e. The van der Waals surface area contributed by atoms with E-state index in [1.807, 2.05) is 38.1 Å². The van der Waals surface area contributed by atoms with Gasteiger partial charge >= 0.3 is 0 Å². The van der Waals surface area contributed by atoms with Crippen LogP contribution in [0.25, 0.3) is 10.6 Å². The monoisotopic (exact) mass is 387 g/mol. The Morgan fingerprint density at radius 2 is 1.89 bits per heavy atom. The molecule has 2 amide bonds. The molecule has 1 aromatic heterocycles. The Morgan fingerprint density at radius 3 is 2.48 bits per heavy atom. The molecular formula is C20H25N3O3S. The number of amides is 2. The lowest BCUT2D eigenvalue weighted by Gasteiger charge is -2.30. The maximum Gasteiger partial charge on any atom is 0.273 e. The Bertz CT molecular complexity index is 793. The largest absolute Gasteiger partial charge is 0.491 e. The van der Waals surface area contributed by atoms with Crippen LogP contribution in [0.5, 0.6) is 5.75 Å². The van der Waals surface area contributed by atoms with Gasteiger partial charge in [-0.1, -0.05) is 0 Å². The molecule has 0 spiro atoms. The van der Waals surface area contributed by atoms with Crippen LogP contribution >= 0.6 is 11.3 Å². The molecule has 0 unspecified atom stereocenters. The fourth-order valence-corrected chi connectivity index (χ4v) is 3.96. The number of hydrogen-bond donors (Lipinski definition) is 1. The summed E-state index contributed by atoms with van der Waals surface area (Å²) in [6.07, 6.45) is 1.52. The van der Waals surface area contributed by atoms with E-state index in [0.29, 0.717) is 31.6 Å². The van der Waals surface area contributed by atoms with Crippen molar-refractivity contribution in [2.75, 3.05) is 20.1 Å². The summed E-state index contributed by atoms with van der Waals surface area (Å²) in [5.74, 6) is 0.813. The number of ether oxygens (including phenoxy) is 1. The Labute approximate surface area is 163 Å². The zero-order chi connectivity index (χ0) is 19.4. The summed E-state index contributed by atoms with van der Waals surface area (Å²) in [5.41, 5.74) is 1.43. The Balaban J connectivity index is 1.63. The molecule has 1 N–H and O–H groups in total. The van der Waals surface area contributed by atoms with Crippen LogP contribution in [0.1, 0.15) is 37.2 Å². The quantitative estimate of drug-likeness (QED) is 0.855. The second-order valence-electron chi connectivity index (χ2n) is 6.91. The summed E-state index contributed by atoms with van der Waals surface area (Å²) in [6, 6.07) is 7.75. The number of thiazole rings is 1. The first-order valence-corrected chi connectivity index (χ1v) is 10.1. The first kappa shape index (κ1) is 19.4. The number of carbonyl (C=O) groups is 2. The summed E-state index contributed by atoms with van der Waals surface area (Å²) in [5, 5.41) is 5.31. The zero-order valence-corrected chi connectivity index (χ0v) is 16.7. The van der Waals surface area contributed by atoms with E-state index in [4.69, 9.17) is 4.74 Å². The Morgan fingerprint density at radius 1 is 1.22 bits per heavy atom. The second-order valence-corrected chi connectivity index (χ2v) is 7.77. The molecule has 6 nitrogen and oxygen atoms in total. The van der Waals surface area contributed by atoms with E-state index in [0.717, 1.165) is 16.3 Å². The number of aromatic nitrogens is 1. The van der Waals surface area contributed by atoms with Gasteiger partial charge in [-0.05, 0) is 51.0 Å². The predicted octanol–water partition coefficient (Wildman–Crippen LogP) is 3.20. The lowest BCUT2D eigenvalue weighted by molar-refractivity contribution is -0.125. The van der Waals surface area contributed by atoms with E-state index in [2.05, 4.69) is 10.3 Å². The summed E-state index contributed by atoms with van der Waals surface area (Å²) in [4.78, 5) is 30.8. The molecule has 0 radical (unpaired) electrons. The molecule has 0 atom stereocenters. The van der Waals surface area contributed by atoms with E-state index in [1.165, 1.54) is 11.3 Å². The molecule has 27 heavy (non-hydrogen) atoms. The lowest BCUT2D eigenvalue weighted by atomic mass is 9.96. The summed E-state index contributed by atoms with van der Waals surface area (Å²) < 4.78 is 5.66. The average molecular weight is 388 g/mol. The molecule has 3 rings (SSSR count). The van der Waals surface area contributed by atoms with E-state index in [-0.39, 0.29) is 23.8 Å². The van der Waals surface area contributed by atoms with Crippen LogP contribution in [-0.2, 0) is 4.79 Å². The normalized spacial score (nSPS) is 15.0. The van der Waals surface area contributed by atoms with Gasteiger partial charge in [-0.25, -0.2) is 4.98 Å². The number of likely N-dealkylation sites (tertiary alicyclic amines) is 1. The standard InChI is InChI=1S/C20H25N3O3S/c1-13(2)26-16-6-4-15(5-7-16)19-22-17(12-27-19)20(25)23-10-8-14(9-11-23)18(24)21-3/h4-7,12-14H,8-11H2,1-3H3,(H,21,24). The van der Waals surface area contributed by atoms with Crippen molar-refractivity contribution in [3.8, 4) is 16.3 Å². The minimum atomic E-state index is -0.0624. The maximum absolute atomic E-state index is 12.7. The van der Waals surface area contributed by atoms with Crippen LogP contribution in [0.2, 0.25) is 0 Å². The van der Waals surface area contributed by atoms with Gasteiger partial charge in [-0.2, -0.15) is 0 Å². The summed E-state index contributed by atoms with van der Waals surface area (Å²) >= 11 is 1.46. The fraction of sp³-hybridized carbons (Fsp3) is 0.450. The molecule has 7 heteroatoms. The number of piperidine rings is 1. The molecule has 144 valence electrons. The van der Waals surface area contributed by atoms with Gasteiger partial charge < -0.3 is 15.0 Å². The van der Waals surface area contributed by atoms with E-state index in [9.17, 15) is 9.59 Å². The van der Waals surface area contributed by atoms with Crippen molar-refractivity contribution >= 4 is 23.2 Å². The van der Waals surface area contributed by atoms with E-state index in [1.54, 1.807) is 17.3 Å². The molecule has 0 aliphatic carbocycles. The fourth-order valence-electron chi connectivity index (χ4n) is 3.16. The molecule has 0 bridgehead atoms. The summed E-state index contributed by atoms with van der Waals surface area (Å²) in [7, 11) is 1.65. The van der Waals surface area contributed by atoms with Gasteiger partial charge in [0.05, 0.1) is 6.10 Å². The van der Waals surface area contributed by atoms with Crippen LogP contribution in [-0.4, -0.2) is 47.9 Å². The number of nitrogens with zero attached hydrogens (tertiary/aromatic N) is 2.